The minimum Gasteiger partial charge on any atom is -0.309 e. The summed E-state index contributed by atoms with van der Waals surface area (Å²) in [7, 11) is 0. The van der Waals surface area contributed by atoms with Crippen molar-refractivity contribution in [3.63, 3.8) is 0 Å². The van der Waals surface area contributed by atoms with Crippen LogP contribution in [0.5, 0.6) is 0 Å². The molecule has 0 aliphatic rings. The molecule has 0 radical (unpaired) electrons. The summed E-state index contributed by atoms with van der Waals surface area (Å²) in [6, 6.07) is 68.7. The Morgan fingerprint density at radius 3 is 1.39 bits per heavy atom. The van der Waals surface area contributed by atoms with E-state index < -0.39 is 0 Å². The highest BCUT2D eigenvalue weighted by Crippen LogP contribution is 2.46. The van der Waals surface area contributed by atoms with Crippen molar-refractivity contribution in [1.29, 1.82) is 0 Å². The Labute approximate surface area is 284 Å². The van der Waals surface area contributed by atoms with Gasteiger partial charge in [-0.3, -0.25) is 0 Å². The Kier molecular flexibility index (Phi) is 6.25. The number of para-hydroxylation sites is 1. The molecule has 0 saturated heterocycles. The van der Waals surface area contributed by atoms with Gasteiger partial charge in [0.1, 0.15) is 0 Å². The van der Waals surface area contributed by atoms with Gasteiger partial charge in [0.25, 0.3) is 0 Å². The molecule has 1 nitrogen and oxygen atoms in total. The van der Waals surface area contributed by atoms with E-state index in [1.807, 2.05) is 0 Å². The van der Waals surface area contributed by atoms with Crippen LogP contribution in [0.3, 0.4) is 0 Å². The number of hydrogen-bond acceptors (Lipinski definition) is 0. The molecule has 49 heavy (non-hydrogen) atoms. The normalized spacial score (nSPS) is 11.7. The second-order valence-corrected chi connectivity index (χ2v) is 12.8. The third kappa shape index (κ3) is 4.26. The Balaban J connectivity index is 1.36. The molecule has 0 unspecified atom stereocenters. The smallest absolute Gasteiger partial charge is 0.0619 e. The third-order valence-electron chi connectivity index (χ3n) is 10.2. The molecule has 0 atom stereocenters. The van der Waals surface area contributed by atoms with Crippen molar-refractivity contribution in [2.45, 2.75) is 0 Å². The highest BCUT2D eigenvalue weighted by atomic mass is 15.0. The maximum absolute atomic E-state index is 2.49. The zero-order chi connectivity index (χ0) is 32.3. The van der Waals surface area contributed by atoms with Crippen molar-refractivity contribution < 1.29 is 0 Å². The highest BCUT2D eigenvalue weighted by Gasteiger charge is 2.21. The molecule has 10 aromatic rings. The zero-order valence-corrected chi connectivity index (χ0v) is 26.8. The molecule has 0 aliphatic carbocycles. The van der Waals surface area contributed by atoms with Crippen LogP contribution in [0.2, 0.25) is 0 Å². The molecular formula is C48H31N. The molecule has 1 heterocycles. The van der Waals surface area contributed by atoms with E-state index in [0.29, 0.717) is 0 Å². The summed E-state index contributed by atoms with van der Waals surface area (Å²) in [5.74, 6) is 0. The average Bonchev–Trinajstić information content (AvgIpc) is 3.52. The number of rotatable bonds is 4. The van der Waals surface area contributed by atoms with Crippen LogP contribution in [0.25, 0.3) is 93.2 Å². The van der Waals surface area contributed by atoms with Crippen molar-refractivity contribution in [1.82, 2.24) is 4.57 Å². The second kappa shape index (κ2) is 11.1. The first-order valence-corrected chi connectivity index (χ1v) is 17.0. The largest absolute Gasteiger partial charge is 0.309 e. The standard InChI is InChI=1S/C48H31N/c1-4-16-32(17-5-1)42-31-44-37-23-14-15-27-45(37)49(48(44)41-26-13-10-22-36(41)42)35-28-29-40-43(30-35)47(34-20-8-3-9-21-34)39-25-12-11-24-38(39)46(40)33-18-6-2-7-19-33/h1-31H. The van der Waals surface area contributed by atoms with Crippen LogP contribution in [-0.4, -0.2) is 4.57 Å². The molecule has 0 spiro atoms. The summed E-state index contributed by atoms with van der Waals surface area (Å²) in [5.41, 5.74) is 11.1. The van der Waals surface area contributed by atoms with Crippen LogP contribution in [0.15, 0.2) is 188 Å². The van der Waals surface area contributed by atoms with Gasteiger partial charge < -0.3 is 4.57 Å². The maximum atomic E-state index is 2.49. The lowest BCUT2D eigenvalue weighted by Gasteiger charge is -2.19. The number of nitrogens with zero attached hydrogens (tertiary/aromatic N) is 1. The molecule has 0 N–H and O–H groups in total. The first kappa shape index (κ1) is 27.7. The average molecular weight is 622 g/mol. The van der Waals surface area contributed by atoms with Gasteiger partial charge in [-0.15, -0.1) is 0 Å². The summed E-state index contributed by atoms with van der Waals surface area (Å²) < 4.78 is 2.49. The van der Waals surface area contributed by atoms with E-state index in [2.05, 4.69) is 193 Å². The van der Waals surface area contributed by atoms with E-state index in [1.54, 1.807) is 0 Å². The Hall–Kier alpha value is -6.44. The molecule has 1 aromatic heterocycles. The highest BCUT2D eigenvalue weighted by molar-refractivity contribution is 6.24. The van der Waals surface area contributed by atoms with Crippen molar-refractivity contribution in [3.8, 4) is 39.1 Å². The molecule has 0 saturated carbocycles. The van der Waals surface area contributed by atoms with Crippen LogP contribution in [0.1, 0.15) is 0 Å². The van der Waals surface area contributed by atoms with Gasteiger partial charge in [-0.1, -0.05) is 164 Å². The summed E-state index contributed by atoms with van der Waals surface area (Å²) in [6.45, 7) is 0. The number of aromatic nitrogens is 1. The summed E-state index contributed by atoms with van der Waals surface area (Å²) in [5, 5.41) is 10.1. The predicted molar refractivity (Wildman–Crippen MR) is 210 cm³/mol. The van der Waals surface area contributed by atoms with Crippen LogP contribution in [0, 0.1) is 0 Å². The zero-order valence-electron chi connectivity index (χ0n) is 26.8. The van der Waals surface area contributed by atoms with Gasteiger partial charge in [0.2, 0.25) is 0 Å². The summed E-state index contributed by atoms with van der Waals surface area (Å²) in [6.07, 6.45) is 0. The maximum Gasteiger partial charge on any atom is 0.0619 e. The fraction of sp³-hybridized carbons (Fsp3) is 0. The number of hydrogen-bond donors (Lipinski definition) is 0. The molecular weight excluding hydrogens is 591 g/mol. The van der Waals surface area contributed by atoms with Crippen LogP contribution in [0.4, 0.5) is 0 Å². The monoisotopic (exact) mass is 621 g/mol. The SMILES string of the molecule is c1ccc(-c2c3ccccc3c(-c3ccccc3)c3cc(-n4c5ccccc5c5cc(-c6ccccc6)c6ccccc6c54)ccc23)cc1. The van der Waals surface area contributed by atoms with E-state index in [4.69, 9.17) is 0 Å². The molecule has 1 heteroatoms. The first-order valence-electron chi connectivity index (χ1n) is 17.0. The fourth-order valence-corrected chi connectivity index (χ4v) is 8.08. The van der Waals surface area contributed by atoms with Crippen LogP contribution in [-0.2, 0) is 0 Å². The molecule has 228 valence electrons. The van der Waals surface area contributed by atoms with Gasteiger partial charge in [0.15, 0.2) is 0 Å². The minimum atomic E-state index is 1.16. The number of benzene rings is 9. The summed E-state index contributed by atoms with van der Waals surface area (Å²) >= 11 is 0. The van der Waals surface area contributed by atoms with Gasteiger partial charge in [-0.25, -0.2) is 0 Å². The third-order valence-corrected chi connectivity index (χ3v) is 10.2. The Morgan fingerprint density at radius 1 is 0.286 bits per heavy atom. The van der Waals surface area contributed by atoms with Crippen LogP contribution >= 0.6 is 0 Å². The molecule has 9 aromatic carbocycles. The number of fused-ring (bicyclic) bond motifs is 7. The van der Waals surface area contributed by atoms with Crippen molar-refractivity contribution in [2.75, 3.05) is 0 Å². The van der Waals surface area contributed by atoms with Crippen molar-refractivity contribution >= 4 is 54.1 Å². The van der Waals surface area contributed by atoms with Gasteiger partial charge in [0.05, 0.1) is 11.0 Å². The lowest BCUT2D eigenvalue weighted by atomic mass is 9.86. The second-order valence-electron chi connectivity index (χ2n) is 12.8. The van der Waals surface area contributed by atoms with Gasteiger partial charge in [-0.05, 0) is 84.6 Å². The van der Waals surface area contributed by atoms with Gasteiger partial charge in [-0.2, -0.15) is 0 Å². The first-order chi connectivity index (χ1) is 24.3. The van der Waals surface area contributed by atoms with E-state index in [-0.39, 0.29) is 0 Å². The van der Waals surface area contributed by atoms with Gasteiger partial charge in [0, 0.05) is 21.8 Å². The van der Waals surface area contributed by atoms with Crippen molar-refractivity contribution in [3.05, 3.63) is 188 Å². The van der Waals surface area contributed by atoms with E-state index in [1.165, 1.54) is 87.5 Å². The lowest BCUT2D eigenvalue weighted by Crippen LogP contribution is -1.97. The predicted octanol–water partition coefficient (Wildman–Crippen LogP) is 13.2. The van der Waals surface area contributed by atoms with Crippen molar-refractivity contribution in [2.24, 2.45) is 0 Å². The van der Waals surface area contributed by atoms with E-state index in [9.17, 15) is 0 Å². The quantitative estimate of drug-likeness (QED) is 0.172. The molecule has 10 rings (SSSR count). The van der Waals surface area contributed by atoms with E-state index in [0.717, 1.165) is 5.69 Å². The van der Waals surface area contributed by atoms with Crippen LogP contribution < -0.4 is 0 Å². The fourth-order valence-electron chi connectivity index (χ4n) is 8.08. The molecule has 0 fully saturated rings. The Bertz CT molecular complexity index is 2850. The van der Waals surface area contributed by atoms with Gasteiger partial charge >= 0.3 is 0 Å². The molecule has 0 amide bonds. The lowest BCUT2D eigenvalue weighted by molar-refractivity contribution is 1.19. The minimum absolute atomic E-state index is 1.16. The van der Waals surface area contributed by atoms with E-state index >= 15 is 0 Å². The topological polar surface area (TPSA) is 4.93 Å². The Morgan fingerprint density at radius 2 is 0.755 bits per heavy atom. The summed E-state index contributed by atoms with van der Waals surface area (Å²) in [4.78, 5) is 0. The molecule has 0 aliphatic heterocycles. The molecule has 0 bridgehead atoms.